The van der Waals surface area contributed by atoms with Crippen LogP contribution < -0.4 is 15.4 Å². The summed E-state index contributed by atoms with van der Waals surface area (Å²) < 4.78 is 11.3. The van der Waals surface area contributed by atoms with Crippen LogP contribution in [0.4, 0.5) is 0 Å². The third-order valence-electron chi connectivity index (χ3n) is 4.75. The molecule has 0 aliphatic carbocycles. The molecule has 0 amide bonds. The van der Waals surface area contributed by atoms with Crippen molar-refractivity contribution in [3.05, 3.63) is 52.7 Å². The molecule has 1 fully saturated rings. The van der Waals surface area contributed by atoms with Crippen molar-refractivity contribution in [2.75, 3.05) is 52.5 Å². The van der Waals surface area contributed by atoms with Gasteiger partial charge in [0.1, 0.15) is 5.75 Å². The van der Waals surface area contributed by atoms with Gasteiger partial charge in [0.15, 0.2) is 5.96 Å². The SMILES string of the molecule is CCNC(=NCC(c1cccs1)N1CCOCC1)NCCCOc1ccccc1.I. The van der Waals surface area contributed by atoms with Gasteiger partial charge in [-0.2, -0.15) is 0 Å². The predicted molar refractivity (Wildman–Crippen MR) is 135 cm³/mol. The topological polar surface area (TPSA) is 58.1 Å². The lowest BCUT2D eigenvalue weighted by Gasteiger charge is -2.33. The summed E-state index contributed by atoms with van der Waals surface area (Å²) in [6.45, 7) is 8.68. The molecular weight excluding hydrogens is 511 g/mol. The van der Waals surface area contributed by atoms with Crippen molar-refractivity contribution in [2.45, 2.75) is 19.4 Å². The Labute approximate surface area is 201 Å². The van der Waals surface area contributed by atoms with E-state index < -0.39 is 0 Å². The van der Waals surface area contributed by atoms with Gasteiger partial charge in [-0.15, -0.1) is 35.3 Å². The van der Waals surface area contributed by atoms with Crippen LogP contribution >= 0.6 is 35.3 Å². The number of nitrogens with zero attached hydrogens (tertiary/aromatic N) is 2. The van der Waals surface area contributed by atoms with E-state index in [-0.39, 0.29) is 24.0 Å². The van der Waals surface area contributed by atoms with E-state index in [1.165, 1.54) is 4.88 Å². The second kappa shape index (κ2) is 14.6. The first-order valence-corrected chi connectivity index (χ1v) is 11.3. The van der Waals surface area contributed by atoms with E-state index in [1.807, 2.05) is 30.3 Å². The Kier molecular flexibility index (Phi) is 12.1. The van der Waals surface area contributed by atoms with Crippen molar-refractivity contribution in [1.29, 1.82) is 0 Å². The highest BCUT2D eigenvalue weighted by molar-refractivity contribution is 14.0. The lowest BCUT2D eigenvalue weighted by Crippen LogP contribution is -2.41. The number of thiophene rings is 1. The summed E-state index contributed by atoms with van der Waals surface area (Å²) in [4.78, 5) is 8.72. The molecule has 1 aromatic carbocycles. The molecule has 1 unspecified atom stereocenters. The van der Waals surface area contributed by atoms with E-state index in [4.69, 9.17) is 14.5 Å². The maximum absolute atomic E-state index is 5.76. The van der Waals surface area contributed by atoms with Crippen molar-refractivity contribution in [3.8, 4) is 5.75 Å². The molecule has 1 saturated heterocycles. The van der Waals surface area contributed by atoms with Crippen LogP contribution in [-0.4, -0.2) is 63.4 Å². The smallest absolute Gasteiger partial charge is 0.191 e. The van der Waals surface area contributed by atoms with Crippen molar-refractivity contribution in [3.63, 3.8) is 0 Å². The van der Waals surface area contributed by atoms with E-state index in [9.17, 15) is 0 Å². The van der Waals surface area contributed by atoms with Gasteiger partial charge in [-0.25, -0.2) is 0 Å². The normalized spacial score (nSPS) is 15.8. The number of rotatable bonds is 10. The molecule has 1 aliphatic rings. The number of halogens is 1. The van der Waals surface area contributed by atoms with E-state index >= 15 is 0 Å². The Morgan fingerprint density at radius 1 is 1.17 bits per heavy atom. The summed E-state index contributed by atoms with van der Waals surface area (Å²) in [6, 6.07) is 14.6. The number of ether oxygens (including phenoxy) is 2. The summed E-state index contributed by atoms with van der Waals surface area (Å²) in [6.07, 6.45) is 0.914. The number of hydrogen-bond donors (Lipinski definition) is 2. The predicted octanol–water partition coefficient (Wildman–Crippen LogP) is 3.76. The van der Waals surface area contributed by atoms with Gasteiger partial charge < -0.3 is 20.1 Å². The zero-order valence-electron chi connectivity index (χ0n) is 17.6. The summed E-state index contributed by atoms with van der Waals surface area (Å²) in [5.41, 5.74) is 0. The Bertz CT molecular complexity index is 709. The Morgan fingerprint density at radius 2 is 1.97 bits per heavy atom. The second-order valence-electron chi connectivity index (χ2n) is 6.84. The number of morpholine rings is 1. The van der Waals surface area contributed by atoms with E-state index in [1.54, 1.807) is 11.3 Å². The van der Waals surface area contributed by atoms with Gasteiger partial charge in [0.25, 0.3) is 0 Å². The number of aliphatic imine (C=N–C) groups is 1. The minimum atomic E-state index is 0. The van der Waals surface area contributed by atoms with Crippen LogP contribution in [0.2, 0.25) is 0 Å². The van der Waals surface area contributed by atoms with E-state index in [2.05, 4.69) is 40.0 Å². The molecule has 1 atom stereocenters. The van der Waals surface area contributed by atoms with E-state index in [0.717, 1.165) is 64.1 Å². The third-order valence-corrected chi connectivity index (χ3v) is 5.72. The van der Waals surface area contributed by atoms with Gasteiger partial charge in [-0.3, -0.25) is 9.89 Å². The highest BCUT2D eigenvalue weighted by atomic mass is 127. The monoisotopic (exact) mass is 544 g/mol. The standard InChI is InChI=1S/C22H32N4O2S.HI/c1-2-23-22(24-11-7-14-28-19-8-4-3-5-9-19)25-18-20(21-10-6-17-29-21)26-12-15-27-16-13-26;/h3-6,8-10,17,20H,2,7,11-16,18H2,1H3,(H2,23,24,25);1H. The third kappa shape index (κ3) is 8.41. The molecule has 0 saturated carbocycles. The van der Waals surface area contributed by atoms with E-state index in [0.29, 0.717) is 12.6 Å². The highest BCUT2D eigenvalue weighted by Crippen LogP contribution is 2.26. The molecule has 0 radical (unpaired) electrons. The molecule has 0 bridgehead atoms. The molecule has 8 heteroatoms. The Hall–Kier alpha value is -1.36. The van der Waals surface area contributed by atoms with Gasteiger partial charge in [-0.1, -0.05) is 24.3 Å². The summed E-state index contributed by atoms with van der Waals surface area (Å²) >= 11 is 1.80. The van der Waals surface area contributed by atoms with Crippen LogP contribution in [0.1, 0.15) is 24.3 Å². The maximum Gasteiger partial charge on any atom is 0.191 e. The number of guanidine groups is 1. The van der Waals surface area contributed by atoms with Gasteiger partial charge >= 0.3 is 0 Å². The second-order valence-corrected chi connectivity index (χ2v) is 7.82. The van der Waals surface area contributed by atoms with Crippen molar-refractivity contribution in [1.82, 2.24) is 15.5 Å². The zero-order valence-corrected chi connectivity index (χ0v) is 20.7. The first kappa shape index (κ1) is 24.9. The van der Waals surface area contributed by atoms with Gasteiger partial charge in [0, 0.05) is 31.1 Å². The molecule has 2 aromatic rings. The summed E-state index contributed by atoms with van der Waals surface area (Å²) in [5.74, 6) is 1.78. The molecule has 2 N–H and O–H groups in total. The lowest BCUT2D eigenvalue weighted by molar-refractivity contribution is 0.0186. The number of hydrogen-bond acceptors (Lipinski definition) is 5. The minimum Gasteiger partial charge on any atom is -0.494 e. The van der Waals surface area contributed by atoms with Crippen LogP contribution in [0.25, 0.3) is 0 Å². The van der Waals surface area contributed by atoms with Crippen LogP contribution in [0, 0.1) is 0 Å². The summed E-state index contributed by atoms with van der Waals surface area (Å²) in [7, 11) is 0. The molecule has 30 heavy (non-hydrogen) atoms. The molecule has 6 nitrogen and oxygen atoms in total. The Morgan fingerprint density at radius 3 is 2.67 bits per heavy atom. The molecule has 1 aromatic heterocycles. The summed E-state index contributed by atoms with van der Waals surface area (Å²) in [5, 5.41) is 8.92. The average molecular weight is 545 g/mol. The van der Waals surface area contributed by atoms with Crippen LogP contribution in [0.15, 0.2) is 52.8 Å². The fraction of sp³-hybridized carbons (Fsp3) is 0.500. The molecule has 1 aliphatic heterocycles. The van der Waals surface area contributed by atoms with Crippen LogP contribution in [0.3, 0.4) is 0 Å². The first-order chi connectivity index (χ1) is 14.4. The van der Waals surface area contributed by atoms with Gasteiger partial charge in [0.05, 0.1) is 32.4 Å². The molecule has 3 rings (SSSR count). The van der Waals surface area contributed by atoms with Gasteiger partial charge in [-0.05, 0) is 36.9 Å². The highest BCUT2D eigenvalue weighted by Gasteiger charge is 2.23. The first-order valence-electron chi connectivity index (χ1n) is 10.4. The molecule has 0 spiro atoms. The van der Waals surface area contributed by atoms with Crippen molar-refractivity contribution in [2.24, 2.45) is 4.99 Å². The zero-order chi connectivity index (χ0) is 20.2. The maximum atomic E-state index is 5.76. The van der Waals surface area contributed by atoms with Crippen LogP contribution in [0.5, 0.6) is 5.75 Å². The molecule has 2 heterocycles. The van der Waals surface area contributed by atoms with Crippen LogP contribution in [-0.2, 0) is 4.74 Å². The fourth-order valence-electron chi connectivity index (χ4n) is 3.26. The Balaban J connectivity index is 0.00000320. The number of nitrogens with one attached hydrogen (secondary N) is 2. The largest absolute Gasteiger partial charge is 0.494 e. The number of benzene rings is 1. The quantitative estimate of drug-likeness (QED) is 0.207. The van der Waals surface area contributed by atoms with Crippen molar-refractivity contribution >= 4 is 41.3 Å². The molecular formula is C22H33IN4O2S. The van der Waals surface area contributed by atoms with Crippen molar-refractivity contribution < 1.29 is 9.47 Å². The minimum absolute atomic E-state index is 0. The lowest BCUT2D eigenvalue weighted by atomic mass is 10.2. The number of para-hydroxylation sites is 1. The fourth-order valence-corrected chi connectivity index (χ4v) is 4.11. The molecule has 166 valence electrons. The average Bonchev–Trinajstić information content (AvgIpc) is 3.29. The van der Waals surface area contributed by atoms with Gasteiger partial charge in [0.2, 0.25) is 0 Å².